The maximum Gasteiger partial charge on any atom is -0.0207 e. The number of rotatable bonds is 4. The van der Waals surface area contributed by atoms with Crippen LogP contribution in [-0.4, -0.2) is 23.6 Å². The molecule has 2 aliphatic rings. The fourth-order valence-electron chi connectivity index (χ4n) is 3.64. The average molecular weight is 258 g/mol. The molecule has 0 aliphatic heterocycles. The van der Waals surface area contributed by atoms with Gasteiger partial charge in [-0.1, -0.05) is 38.5 Å². The Morgan fingerprint density at radius 1 is 0.750 bits per heavy atom. The van der Waals surface area contributed by atoms with E-state index in [1.165, 1.54) is 44.7 Å². The Kier molecular flexibility index (Phi) is 6.09. The van der Waals surface area contributed by atoms with Crippen LogP contribution in [0, 0.1) is 0 Å². The van der Waals surface area contributed by atoms with Gasteiger partial charge in [-0.15, -0.1) is 17.2 Å². The first-order chi connectivity index (χ1) is 7.92. The van der Waals surface area contributed by atoms with Crippen molar-refractivity contribution in [1.29, 1.82) is 0 Å². The summed E-state index contributed by atoms with van der Waals surface area (Å²) in [6.45, 7) is 0. The van der Waals surface area contributed by atoms with Crippen molar-refractivity contribution in [3.63, 3.8) is 0 Å². The van der Waals surface area contributed by atoms with Crippen molar-refractivity contribution in [3.8, 4) is 0 Å². The average Bonchev–Trinajstić information content (AvgIpc) is 2.38. The minimum atomic E-state index is 0.382. The molecule has 16 heavy (non-hydrogen) atoms. The Labute approximate surface area is 105 Å². The van der Waals surface area contributed by atoms with Gasteiger partial charge in [-0.2, -0.15) is 0 Å². The van der Waals surface area contributed by atoms with Crippen molar-refractivity contribution < 1.29 is 0 Å². The number of hydrogen-bond donors (Lipinski definition) is 0. The minimum absolute atomic E-state index is 0.382. The largest absolute Gasteiger partial charge is 0.137 e. The zero-order chi connectivity index (χ0) is 11.2. The molecule has 0 aromatic carbocycles. The molecule has 0 saturated heterocycles. The molecule has 2 aliphatic carbocycles. The van der Waals surface area contributed by atoms with E-state index in [-0.39, 0.29) is 0 Å². The normalized spacial score (nSPS) is 25.1. The first-order valence-electron chi connectivity index (χ1n) is 7.37. The number of hydrogen-bond acceptors (Lipinski definition) is 0. The molecule has 0 radical (unpaired) electrons. The Hall–Kier alpha value is 0.860. The Morgan fingerprint density at radius 3 is 1.56 bits per heavy atom. The molecule has 1 unspecified atom stereocenters. The lowest BCUT2D eigenvalue weighted by molar-refractivity contribution is 0.484. The highest BCUT2D eigenvalue weighted by atomic mass is 31.1. The van der Waals surface area contributed by atoms with Crippen molar-refractivity contribution in [1.82, 2.24) is 0 Å². The predicted octanol–water partition coefficient (Wildman–Crippen LogP) is 5.01. The van der Waals surface area contributed by atoms with Crippen LogP contribution < -0.4 is 0 Å². The van der Waals surface area contributed by atoms with Gasteiger partial charge in [0.1, 0.15) is 0 Å². The highest BCUT2D eigenvalue weighted by molar-refractivity contribution is 7.59. The van der Waals surface area contributed by atoms with Crippen LogP contribution >= 0.6 is 17.2 Å². The van der Waals surface area contributed by atoms with Crippen LogP contribution in [0.3, 0.4) is 0 Å². The van der Waals surface area contributed by atoms with Crippen molar-refractivity contribution >= 4 is 17.2 Å². The standard InChI is InChI=1S/C14H28P2/c15-11-12-16(13-7-3-1-4-8-13)14-9-5-2-6-10-14/h13-14H,1-12,15H2. The van der Waals surface area contributed by atoms with Crippen LogP contribution in [-0.2, 0) is 0 Å². The van der Waals surface area contributed by atoms with Crippen molar-refractivity contribution in [2.45, 2.75) is 75.5 Å². The molecule has 0 heterocycles. The third kappa shape index (κ3) is 3.68. The molecule has 0 spiro atoms. The molecule has 94 valence electrons. The lowest BCUT2D eigenvalue weighted by atomic mass is 9.99. The monoisotopic (exact) mass is 258 g/mol. The van der Waals surface area contributed by atoms with Gasteiger partial charge < -0.3 is 0 Å². The van der Waals surface area contributed by atoms with Gasteiger partial charge in [0.25, 0.3) is 0 Å². The summed E-state index contributed by atoms with van der Waals surface area (Å²) in [5.41, 5.74) is 2.32. The van der Waals surface area contributed by atoms with Gasteiger partial charge >= 0.3 is 0 Å². The van der Waals surface area contributed by atoms with Gasteiger partial charge in [0.05, 0.1) is 0 Å². The summed E-state index contributed by atoms with van der Waals surface area (Å²) < 4.78 is 0. The van der Waals surface area contributed by atoms with E-state index >= 15 is 0 Å². The molecule has 2 rings (SSSR count). The Bertz CT molecular complexity index is 163. The third-order valence-corrected chi connectivity index (χ3v) is 8.93. The smallest absolute Gasteiger partial charge is 0.0207 e. The molecule has 2 saturated carbocycles. The van der Waals surface area contributed by atoms with Crippen LogP contribution in [0.1, 0.15) is 64.2 Å². The third-order valence-electron chi connectivity index (χ3n) is 4.47. The summed E-state index contributed by atoms with van der Waals surface area (Å²) in [6, 6.07) is 0. The van der Waals surface area contributed by atoms with E-state index in [9.17, 15) is 0 Å². The van der Waals surface area contributed by atoms with Gasteiger partial charge in [-0.3, -0.25) is 0 Å². The molecule has 0 aromatic heterocycles. The van der Waals surface area contributed by atoms with E-state index in [0.29, 0.717) is 7.92 Å². The zero-order valence-electron chi connectivity index (χ0n) is 10.7. The molecule has 2 fully saturated rings. The summed E-state index contributed by atoms with van der Waals surface area (Å²) in [6.07, 6.45) is 18.4. The van der Waals surface area contributed by atoms with E-state index in [1.54, 1.807) is 31.8 Å². The van der Waals surface area contributed by atoms with Gasteiger partial charge in [0, 0.05) is 0 Å². The highest BCUT2D eigenvalue weighted by Crippen LogP contribution is 2.55. The maximum absolute atomic E-state index is 2.98. The summed E-state index contributed by atoms with van der Waals surface area (Å²) in [5.74, 6) is 0. The molecule has 0 aromatic rings. The molecule has 0 nitrogen and oxygen atoms in total. The van der Waals surface area contributed by atoms with Crippen molar-refractivity contribution in [2.24, 2.45) is 0 Å². The molecular weight excluding hydrogens is 230 g/mol. The second-order valence-electron chi connectivity index (χ2n) is 5.61. The summed E-state index contributed by atoms with van der Waals surface area (Å²) in [4.78, 5) is 0. The zero-order valence-corrected chi connectivity index (χ0v) is 12.7. The van der Waals surface area contributed by atoms with Gasteiger partial charge in [0.15, 0.2) is 0 Å². The molecule has 2 heteroatoms. The Morgan fingerprint density at radius 2 is 1.19 bits per heavy atom. The first-order valence-corrected chi connectivity index (χ1v) is 9.86. The van der Waals surface area contributed by atoms with Crippen molar-refractivity contribution in [2.75, 3.05) is 12.3 Å². The summed E-state index contributed by atoms with van der Waals surface area (Å²) in [5, 5.41) is 0. The van der Waals surface area contributed by atoms with E-state index in [4.69, 9.17) is 0 Å². The summed E-state index contributed by atoms with van der Waals surface area (Å²) in [7, 11) is 3.36. The molecule has 0 bridgehead atoms. The van der Waals surface area contributed by atoms with E-state index in [0.717, 1.165) is 11.3 Å². The first kappa shape index (κ1) is 13.3. The van der Waals surface area contributed by atoms with Crippen LogP contribution in [0.2, 0.25) is 0 Å². The molecule has 0 amide bonds. The summed E-state index contributed by atoms with van der Waals surface area (Å²) >= 11 is 0. The van der Waals surface area contributed by atoms with Crippen LogP contribution in [0.4, 0.5) is 0 Å². The van der Waals surface area contributed by atoms with E-state index in [2.05, 4.69) is 9.24 Å². The van der Waals surface area contributed by atoms with Crippen LogP contribution in [0.5, 0.6) is 0 Å². The Balaban J connectivity index is 1.91. The van der Waals surface area contributed by atoms with Crippen LogP contribution in [0.25, 0.3) is 0 Å². The fraction of sp³-hybridized carbons (Fsp3) is 1.00. The van der Waals surface area contributed by atoms with E-state index in [1.807, 2.05) is 0 Å². The van der Waals surface area contributed by atoms with Crippen molar-refractivity contribution in [3.05, 3.63) is 0 Å². The lowest BCUT2D eigenvalue weighted by Crippen LogP contribution is -2.22. The maximum atomic E-state index is 2.98. The highest BCUT2D eigenvalue weighted by Gasteiger charge is 2.29. The topological polar surface area (TPSA) is 0 Å². The van der Waals surface area contributed by atoms with Crippen LogP contribution in [0.15, 0.2) is 0 Å². The lowest BCUT2D eigenvalue weighted by Gasteiger charge is -2.38. The van der Waals surface area contributed by atoms with Gasteiger partial charge in [-0.25, -0.2) is 0 Å². The molecular formula is C14H28P2. The quantitative estimate of drug-likeness (QED) is 0.622. The molecule has 1 atom stereocenters. The van der Waals surface area contributed by atoms with Gasteiger partial charge in [-0.05, 0) is 49.3 Å². The molecule has 0 N–H and O–H groups in total. The predicted molar refractivity (Wildman–Crippen MR) is 80.1 cm³/mol. The van der Waals surface area contributed by atoms with E-state index < -0.39 is 0 Å². The van der Waals surface area contributed by atoms with Gasteiger partial charge in [0.2, 0.25) is 0 Å². The second-order valence-corrected chi connectivity index (χ2v) is 9.12. The second kappa shape index (κ2) is 7.33. The SMILES string of the molecule is PCCP(C1CCCCC1)C1CCCCC1. The fourth-order valence-corrected chi connectivity index (χ4v) is 8.21. The minimum Gasteiger partial charge on any atom is -0.137 e.